The summed E-state index contributed by atoms with van der Waals surface area (Å²) in [5, 5.41) is 3.15. The molecule has 1 unspecified atom stereocenters. The van der Waals surface area contributed by atoms with Crippen molar-refractivity contribution in [3.63, 3.8) is 0 Å². The van der Waals surface area contributed by atoms with E-state index in [1.54, 1.807) is 24.3 Å². The summed E-state index contributed by atoms with van der Waals surface area (Å²) in [5.74, 6) is -0.746. The lowest BCUT2D eigenvalue weighted by Gasteiger charge is -2.40. The summed E-state index contributed by atoms with van der Waals surface area (Å²) < 4.78 is 32.9. The average Bonchev–Trinajstić information content (AvgIpc) is 2.91. The van der Waals surface area contributed by atoms with Gasteiger partial charge >= 0.3 is 5.97 Å². The van der Waals surface area contributed by atoms with Gasteiger partial charge in [-0.25, -0.2) is 18.7 Å². The molecule has 2 aromatic carbocycles. The van der Waals surface area contributed by atoms with Gasteiger partial charge in [0.25, 0.3) is 0 Å². The molecule has 1 fully saturated rings. The zero-order chi connectivity index (χ0) is 28.6. The van der Waals surface area contributed by atoms with Crippen molar-refractivity contribution in [1.82, 2.24) is 19.8 Å². The number of esters is 1. The zero-order valence-corrected chi connectivity index (χ0v) is 23.7. The summed E-state index contributed by atoms with van der Waals surface area (Å²) in [6.07, 6.45) is 0.891. The van der Waals surface area contributed by atoms with Crippen molar-refractivity contribution >= 4 is 35.1 Å². The van der Waals surface area contributed by atoms with Crippen molar-refractivity contribution in [1.29, 1.82) is 0 Å². The molecule has 2 heterocycles. The molecule has 1 aliphatic heterocycles. The number of anilines is 2. The number of carbonyl (C=O) groups excluding carboxylic acids is 2. The van der Waals surface area contributed by atoms with Gasteiger partial charge in [-0.05, 0) is 35.4 Å². The Bertz CT molecular complexity index is 1260. The number of benzene rings is 2. The minimum absolute atomic E-state index is 0. The number of rotatable bonds is 10. The Labute approximate surface area is 241 Å². The van der Waals surface area contributed by atoms with Gasteiger partial charge < -0.3 is 21.3 Å². The smallest absolute Gasteiger partial charge is 0.302 e. The molecule has 13 heteroatoms. The second-order valence-corrected chi connectivity index (χ2v) is 10.5. The Balaban J connectivity index is 0.00000462. The number of ether oxygens (including phenoxy) is 1. The third-order valence-corrected chi connectivity index (χ3v) is 7.61. The molecule has 3 aromatic rings. The highest BCUT2D eigenvalue weighted by molar-refractivity contribution is 7.99. The Morgan fingerprint density at radius 2 is 1.54 bits per heavy atom. The van der Waals surface area contributed by atoms with Crippen LogP contribution in [-0.2, 0) is 14.3 Å². The maximum Gasteiger partial charge on any atom is 0.302 e. The van der Waals surface area contributed by atoms with Crippen LogP contribution in [-0.4, -0.2) is 81.7 Å². The van der Waals surface area contributed by atoms with Crippen LogP contribution in [0.1, 0.15) is 31.0 Å². The van der Waals surface area contributed by atoms with Crippen molar-refractivity contribution in [2.75, 3.05) is 49.5 Å². The second kappa shape index (κ2) is 14.8. The number of piperazine rings is 1. The second-order valence-electron chi connectivity index (χ2n) is 9.50. The van der Waals surface area contributed by atoms with Gasteiger partial charge in [-0.15, -0.1) is 11.8 Å². The molecular formula is C28H34F2N6O4S. The topological polar surface area (TPSA) is 145 Å². The maximum absolute atomic E-state index is 13.6. The molecule has 1 aliphatic rings. The lowest BCUT2D eigenvalue weighted by atomic mass is 9.96. The number of hydrogen-bond acceptors (Lipinski definition) is 9. The van der Waals surface area contributed by atoms with Gasteiger partial charge in [0.1, 0.15) is 34.8 Å². The first-order valence-corrected chi connectivity index (χ1v) is 13.8. The molecule has 0 saturated carbocycles. The molecule has 0 aliphatic carbocycles. The Hall–Kier alpha value is -3.65. The minimum Gasteiger partial charge on any atom is -0.460 e. The third-order valence-electron chi connectivity index (χ3n) is 6.49. The van der Waals surface area contributed by atoms with E-state index in [4.69, 9.17) is 10.5 Å². The van der Waals surface area contributed by atoms with E-state index in [2.05, 4.69) is 25.1 Å². The standard InChI is InChI=1S/C28H32F2N6O3S.H2O/c1-18(37)34-25-27(31)32-17-33-28(25)40-16-24(39-19(2)38)15-35-11-13-36(14-12-35)26(20-3-7-22(29)8-4-20)21-5-9-23(30)10-6-21;/h3-10,17,24,26H,11-16H2,1-2H3,(H,34,37)(H2,31,32,33);1H2. The predicted molar refractivity (Wildman–Crippen MR) is 153 cm³/mol. The highest BCUT2D eigenvalue weighted by atomic mass is 32.2. The van der Waals surface area contributed by atoms with E-state index >= 15 is 0 Å². The van der Waals surface area contributed by atoms with Gasteiger partial charge in [0.15, 0.2) is 5.82 Å². The van der Waals surface area contributed by atoms with Crippen LogP contribution >= 0.6 is 11.8 Å². The van der Waals surface area contributed by atoms with Crippen molar-refractivity contribution < 1.29 is 28.6 Å². The van der Waals surface area contributed by atoms with Crippen LogP contribution in [0.5, 0.6) is 0 Å². The average molecular weight is 589 g/mol. The quantitative estimate of drug-likeness (QED) is 0.207. The molecule has 1 amide bonds. The zero-order valence-electron chi connectivity index (χ0n) is 22.8. The molecule has 220 valence electrons. The molecular weight excluding hydrogens is 554 g/mol. The first-order valence-electron chi connectivity index (χ1n) is 12.8. The number of carbonyl (C=O) groups is 2. The molecule has 1 atom stereocenters. The number of aromatic nitrogens is 2. The number of amides is 1. The Morgan fingerprint density at radius 1 is 0.976 bits per heavy atom. The first-order chi connectivity index (χ1) is 19.2. The van der Waals surface area contributed by atoms with Crippen molar-refractivity contribution in [3.05, 3.63) is 77.6 Å². The van der Waals surface area contributed by atoms with E-state index < -0.39 is 6.10 Å². The third kappa shape index (κ3) is 8.92. The van der Waals surface area contributed by atoms with Gasteiger partial charge in [0.05, 0.1) is 6.04 Å². The summed E-state index contributed by atoms with van der Waals surface area (Å²) in [6, 6.07) is 12.6. The summed E-state index contributed by atoms with van der Waals surface area (Å²) >= 11 is 1.32. The summed E-state index contributed by atoms with van der Waals surface area (Å²) in [5.41, 5.74) is 8.12. The van der Waals surface area contributed by atoms with Gasteiger partial charge in [0.2, 0.25) is 5.91 Å². The minimum atomic E-state index is -0.430. The highest BCUT2D eigenvalue weighted by Gasteiger charge is 2.28. The van der Waals surface area contributed by atoms with Crippen LogP contribution in [0, 0.1) is 11.6 Å². The number of hydrogen-bond donors (Lipinski definition) is 2. The van der Waals surface area contributed by atoms with Crippen molar-refractivity contribution in [2.24, 2.45) is 0 Å². The first kappa shape index (κ1) is 31.9. The van der Waals surface area contributed by atoms with E-state index in [9.17, 15) is 18.4 Å². The van der Waals surface area contributed by atoms with E-state index in [-0.39, 0.29) is 40.8 Å². The SMILES string of the molecule is CC(=O)Nc1c(N)ncnc1SCC(CN1CCN(C(c2ccc(F)cc2)c2ccc(F)cc2)CC1)OC(C)=O.O. The van der Waals surface area contributed by atoms with Crippen LogP contribution in [0.25, 0.3) is 0 Å². The Kier molecular flexibility index (Phi) is 11.5. The summed E-state index contributed by atoms with van der Waals surface area (Å²) in [7, 11) is 0. The lowest BCUT2D eigenvalue weighted by Crippen LogP contribution is -2.50. The van der Waals surface area contributed by atoms with E-state index in [1.165, 1.54) is 56.2 Å². The molecule has 5 N–H and O–H groups in total. The molecule has 4 rings (SSSR count). The van der Waals surface area contributed by atoms with E-state index in [1.807, 2.05) is 0 Å². The van der Waals surface area contributed by atoms with Crippen LogP contribution in [0.4, 0.5) is 20.3 Å². The molecule has 0 radical (unpaired) electrons. The van der Waals surface area contributed by atoms with Crippen molar-refractivity contribution in [2.45, 2.75) is 31.0 Å². The fourth-order valence-electron chi connectivity index (χ4n) is 4.71. The van der Waals surface area contributed by atoms with Gasteiger partial charge in [-0.3, -0.25) is 19.4 Å². The number of nitrogens with one attached hydrogen (secondary N) is 1. The van der Waals surface area contributed by atoms with Crippen LogP contribution in [0.2, 0.25) is 0 Å². The fourth-order valence-corrected chi connectivity index (χ4v) is 5.65. The molecule has 0 spiro atoms. The Morgan fingerprint density at radius 3 is 2.05 bits per heavy atom. The molecule has 0 bridgehead atoms. The van der Waals surface area contributed by atoms with Crippen LogP contribution in [0.3, 0.4) is 0 Å². The van der Waals surface area contributed by atoms with E-state index in [0.29, 0.717) is 49.2 Å². The monoisotopic (exact) mass is 588 g/mol. The summed E-state index contributed by atoms with van der Waals surface area (Å²) in [4.78, 5) is 36.2. The number of nitrogens with zero attached hydrogens (tertiary/aromatic N) is 4. The highest BCUT2D eigenvalue weighted by Crippen LogP contribution is 2.31. The fraction of sp³-hybridized carbons (Fsp3) is 0.357. The lowest BCUT2D eigenvalue weighted by molar-refractivity contribution is -0.146. The predicted octanol–water partition coefficient (Wildman–Crippen LogP) is 2.90. The maximum atomic E-state index is 13.6. The number of nitrogens with two attached hydrogens (primary N) is 1. The van der Waals surface area contributed by atoms with E-state index in [0.717, 1.165) is 11.1 Å². The molecule has 1 saturated heterocycles. The molecule has 41 heavy (non-hydrogen) atoms. The molecule has 10 nitrogen and oxygen atoms in total. The van der Waals surface area contributed by atoms with Gasteiger partial charge in [-0.2, -0.15) is 0 Å². The van der Waals surface area contributed by atoms with Crippen molar-refractivity contribution in [3.8, 4) is 0 Å². The van der Waals surface area contributed by atoms with Crippen LogP contribution < -0.4 is 11.1 Å². The number of nitrogen functional groups attached to an aromatic ring is 1. The molecule has 1 aromatic heterocycles. The van der Waals surface area contributed by atoms with Crippen LogP contribution in [0.15, 0.2) is 59.9 Å². The number of halogens is 2. The summed E-state index contributed by atoms with van der Waals surface area (Å²) in [6.45, 7) is 6.07. The number of thioether (sulfide) groups is 1. The van der Waals surface area contributed by atoms with Gasteiger partial charge in [0, 0.05) is 52.3 Å². The van der Waals surface area contributed by atoms with Gasteiger partial charge in [-0.1, -0.05) is 24.3 Å². The largest absolute Gasteiger partial charge is 0.460 e. The normalized spacial score (nSPS) is 14.8.